The van der Waals surface area contributed by atoms with E-state index in [0.717, 1.165) is 6.07 Å². The van der Waals surface area contributed by atoms with Crippen molar-refractivity contribution in [3.8, 4) is 0 Å². The lowest BCUT2D eigenvalue weighted by molar-refractivity contribution is -0.138. The second kappa shape index (κ2) is 6.10. The average Bonchev–Trinajstić information content (AvgIpc) is 2.28. The molecule has 0 aliphatic carbocycles. The maximum Gasteiger partial charge on any atom is 0.416 e. The highest BCUT2D eigenvalue weighted by atomic mass is 35.5. The van der Waals surface area contributed by atoms with E-state index in [4.69, 9.17) is 16.3 Å². The average molecular weight is 302 g/mol. The molecule has 102 valence electrons. The standard InChI is InChI=1S/C11H11ClF3NO.ClH/c12-8-3-1-2-7(11(13,14)15)10(8)9-6-17-5-4-16-9;/h1-3,9,16H,4-6H2;1H/t9-;/m1./s1. The molecule has 0 radical (unpaired) electrons. The zero-order chi connectivity index (χ0) is 12.5. The lowest BCUT2D eigenvalue weighted by Crippen LogP contribution is -2.36. The molecule has 1 fully saturated rings. The Balaban J connectivity index is 0.00000162. The van der Waals surface area contributed by atoms with Gasteiger partial charge in [0.25, 0.3) is 0 Å². The van der Waals surface area contributed by atoms with Gasteiger partial charge in [0.2, 0.25) is 0 Å². The lowest BCUT2D eigenvalue weighted by atomic mass is 9.99. The minimum atomic E-state index is -4.40. The zero-order valence-electron chi connectivity index (χ0n) is 9.26. The van der Waals surface area contributed by atoms with Gasteiger partial charge in [0, 0.05) is 17.1 Å². The third-order valence-electron chi connectivity index (χ3n) is 2.63. The van der Waals surface area contributed by atoms with E-state index in [-0.39, 0.29) is 29.6 Å². The Kier molecular flexibility index (Phi) is 5.28. The number of hydrogen-bond donors (Lipinski definition) is 1. The van der Waals surface area contributed by atoms with Crippen molar-refractivity contribution in [1.82, 2.24) is 5.32 Å². The first-order valence-electron chi connectivity index (χ1n) is 5.17. The monoisotopic (exact) mass is 301 g/mol. The molecule has 0 unspecified atom stereocenters. The number of rotatable bonds is 1. The maximum absolute atomic E-state index is 12.9. The molecule has 0 spiro atoms. The Bertz CT molecular complexity index is 406. The highest BCUT2D eigenvalue weighted by molar-refractivity contribution is 6.31. The molecule has 1 saturated heterocycles. The second-order valence-electron chi connectivity index (χ2n) is 3.78. The number of morpholine rings is 1. The van der Waals surface area contributed by atoms with E-state index >= 15 is 0 Å². The molecule has 0 aromatic heterocycles. The molecule has 1 aromatic carbocycles. The van der Waals surface area contributed by atoms with E-state index in [1.165, 1.54) is 12.1 Å². The van der Waals surface area contributed by atoms with Crippen LogP contribution in [-0.2, 0) is 10.9 Å². The third-order valence-corrected chi connectivity index (χ3v) is 2.96. The van der Waals surface area contributed by atoms with Gasteiger partial charge in [-0.15, -0.1) is 12.4 Å². The summed E-state index contributed by atoms with van der Waals surface area (Å²) < 4.78 is 43.7. The van der Waals surface area contributed by atoms with E-state index in [0.29, 0.717) is 13.2 Å². The normalized spacial score (nSPS) is 20.3. The molecule has 0 saturated carbocycles. The van der Waals surface area contributed by atoms with Crippen LogP contribution in [0.1, 0.15) is 17.2 Å². The fraction of sp³-hybridized carbons (Fsp3) is 0.455. The Morgan fingerprint density at radius 2 is 2.06 bits per heavy atom. The van der Waals surface area contributed by atoms with Gasteiger partial charge in [-0.3, -0.25) is 0 Å². The number of alkyl halides is 3. The number of benzene rings is 1. The first kappa shape index (κ1) is 15.6. The van der Waals surface area contributed by atoms with Gasteiger partial charge >= 0.3 is 6.18 Å². The smallest absolute Gasteiger partial charge is 0.378 e. The summed E-state index contributed by atoms with van der Waals surface area (Å²) in [4.78, 5) is 0. The molecule has 1 aliphatic heterocycles. The van der Waals surface area contributed by atoms with Crippen LogP contribution in [0, 0.1) is 0 Å². The Labute approximate surface area is 114 Å². The maximum atomic E-state index is 12.9. The van der Waals surface area contributed by atoms with E-state index in [1.54, 1.807) is 0 Å². The van der Waals surface area contributed by atoms with Gasteiger partial charge in [0.15, 0.2) is 0 Å². The largest absolute Gasteiger partial charge is 0.416 e. The molecule has 1 aliphatic rings. The minimum absolute atomic E-state index is 0. The van der Waals surface area contributed by atoms with Crippen molar-refractivity contribution in [3.05, 3.63) is 34.3 Å². The van der Waals surface area contributed by atoms with E-state index in [9.17, 15) is 13.2 Å². The highest BCUT2D eigenvalue weighted by Gasteiger charge is 2.36. The van der Waals surface area contributed by atoms with Gasteiger partial charge in [0.05, 0.1) is 24.8 Å². The van der Waals surface area contributed by atoms with Crippen LogP contribution in [-0.4, -0.2) is 19.8 Å². The SMILES string of the molecule is Cl.FC(F)(F)c1cccc(Cl)c1[C@H]1COCCN1. The molecule has 1 aromatic rings. The van der Waals surface area contributed by atoms with Crippen LogP contribution in [0.15, 0.2) is 18.2 Å². The summed E-state index contributed by atoms with van der Waals surface area (Å²) in [6.45, 7) is 1.22. The third kappa shape index (κ3) is 3.29. The Morgan fingerprint density at radius 3 is 2.61 bits per heavy atom. The van der Waals surface area contributed by atoms with Gasteiger partial charge < -0.3 is 10.1 Å². The number of hydrogen-bond acceptors (Lipinski definition) is 2. The van der Waals surface area contributed by atoms with Crippen molar-refractivity contribution in [2.45, 2.75) is 12.2 Å². The molecule has 0 bridgehead atoms. The predicted octanol–water partition coefficient (Wildman–Crippen LogP) is 3.44. The number of ether oxygens (including phenoxy) is 1. The highest BCUT2D eigenvalue weighted by Crippen LogP contribution is 2.38. The molecular weight excluding hydrogens is 290 g/mol. The first-order valence-corrected chi connectivity index (χ1v) is 5.54. The summed E-state index contributed by atoms with van der Waals surface area (Å²) in [7, 11) is 0. The van der Waals surface area contributed by atoms with Gasteiger partial charge in [-0.1, -0.05) is 17.7 Å². The number of nitrogens with one attached hydrogen (secondary N) is 1. The van der Waals surface area contributed by atoms with E-state index in [1.807, 2.05) is 0 Å². The fourth-order valence-electron chi connectivity index (χ4n) is 1.89. The van der Waals surface area contributed by atoms with Crippen molar-refractivity contribution in [3.63, 3.8) is 0 Å². The van der Waals surface area contributed by atoms with Crippen LogP contribution < -0.4 is 5.32 Å². The topological polar surface area (TPSA) is 21.3 Å². The van der Waals surface area contributed by atoms with Crippen LogP contribution >= 0.6 is 24.0 Å². The van der Waals surface area contributed by atoms with Gasteiger partial charge in [0.1, 0.15) is 0 Å². The summed E-state index contributed by atoms with van der Waals surface area (Å²) in [6, 6.07) is 3.30. The van der Waals surface area contributed by atoms with Crippen molar-refractivity contribution >= 4 is 24.0 Å². The summed E-state index contributed by atoms with van der Waals surface area (Å²) in [5.74, 6) is 0. The molecule has 2 rings (SSSR count). The predicted molar refractivity (Wildman–Crippen MR) is 65.3 cm³/mol. The van der Waals surface area contributed by atoms with E-state index < -0.39 is 17.8 Å². The summed E-state index contributed by atoms with van der Waals surface area (Å²) in [6.07, 6.45) is -4.40. The van der Waals surface area contributed by atoms with Crippen molar-refractivity contribution < 1.29 is 17.9 Å². The van der Waals surface area contributed by atoms with Crippen LogP contribution in [0.25, 0.3) is 0 Å². The molecule has 18 heavy (non-hydrogen) atoms. The van der Waals surface area contributed by atoms with Crippen LogP contribution in [0.4, 0.5) is 13.2 Å². The van der Waals surface area contributed by atoms with Crippen molar-refractivity contribution in [1.29, 1.82) is 0 Å². The van der Waals surface area contributed by atoms with E-state index in [2.05, 4.69) is 5.32 Å². The molecule has 1 heterocycles. The molecule has 2 nitrogen and oxygen atoms in total. The van der Waals surface area contributed by atoms with Gasteiger partial charge in [-0.05, 0) is 12.1 Å². The molecule has 1 N–H and O–H groups in total. The summed E-state index contributed by atoms with van der Waals surface area (Å²) in [5.41, 5.74) is -0.630. The fourth-order valence-corrected chi connectivity index (χ4v) is 2.20. The summed E-state index contributed by atoms with van der Waals surface area (Å²) in [5, 5.41) is 3.09. The van der Waals surface area contributed by atoms with Gasteiger partial charge in [-0.25, -0.2) is 0 Å². The van der Waals surface area contributed by atoms with Crippen LogP contribution in [0.5, 0.6) is 0 Å². The van der Waals surface area contributed by atoms with Crippen LogP contribution in [0.2, 0.25) is 5.02 Å². The van der Waals surface area contributed by atoms with Crippen molar-refractivity contribution in [2.24, 2.45) is 0 Å². The Morgan fingerprint density at radius 1 is 1.33 bits per heavy atom. The quantitative estimate of drug-likeness (QED) is 0.858. The molecular formula is C11H12Cl2F3NO. The zero-order valence-corrected chi connectivity index (χ0v) is 10.8. The lowest BCUT2D eigenvalue weighted by Gasteiger charge is -2.27. The molecule has 0 amide bonds. The Hall–Kier alpha value is -0.490. The van der Waals surface area contributed by atoms with Crippen LogP contribution in [0.3, 0.4) is 0 Å². The van der Waals surface area contributed by atoms with Gasteiger partial charge in [-0.2, -0.15) is 13.2 Å². The first-order chi connectivity index (χ1) is 8.00. The van der Waals surface area contributed by atoms with Crippen molar-refractivity contribution in [2.75, 3.05) is 19.8 Å². The number of halogens is 5. The molecule has 7 heteroatoms. The molecule has 1 atom stereocenters. The second-order valence-corrected chi connectivity index (χ2v) is 4.19. The minimum Gasteiger partial charge on any atom is -0.378 e. The summed E-state index contributed by atoms with van der Waals surface area (Å²) >= 11 is 5.87.